The van der Waals surface area contributed by atoms with E-state index in [-0.39, 0.29) is 0 Å². The third kappa shape index (κ3) is 2.52. The van der Waals surface area contributed by atoms with Crippen LogP contribution in [0.2, 0.25) is 0 Å². The molecular weight excluding hydrogens is 242 g/mol. The zero-order chi connectivity index (χ0) is 13.0. The maximum absolute atomic E-state index is 8.81. The van der Waals surface area contributed by atoms with Gasteiger partial charge in [0.1, 0.15) is 10.9 Å². The van der Waals surface area contributed by atoms with Crippen molar-refractivity contribution in [3.05, 3.63) is 40.4 Å². The Balaban J connectivity index is 2.35. The number of nitrogens with one attached hydrogen (secondary N) is 1. The summed E-state index contributed by atoms with van der Waals surface area (Å²) < 4.78 is 0. The SMILES string of the molecule is CCc1cccc(CC)c1Nc1ncc(C#N)s1. The number of para-hydroxylation sites is 1. The van der Waals surface area contributed by atoms with Gasteiger partial charge in [0.2, 0.25) is 0 Å². The minimum atomic E-state index is 0.629. The molecule has 0 bridgehead atoms. The van der Waals surface area contributed by atoms with Gasteiger partial charge in [-0.15, -0.1) is 0 Å². The Labute approximate surface area is 111 Å². The van der Waals surface area contributed by atoms with Crippen molar-refractivity contribution in [3.63, 3.8) is 0 Å². The molecule has 0 unspecified atom stereocenters. The fraction of sp³-hybridized carbons (Fsp3) is 0.286. The molecule has 4 heteroatoms. The first kappa shape index (κ1) is 12.6. The molecule has 1 N–H and O–H groups in total. The van der Waals surface area contributed by atoms with E-state index in [9.17, 15) is 0 Å². The van der Waals surface area contributed by atoms with Crippen molar-refractivity contribution in [1.82, 2.24) is 4.98 Å². The van der Waals surface area contributed by atoms with Crippen LogP contribution < -0.4 is 5.32 Å². The highest BCUT2D eigenvalue weighted by Gasteiger charge is 2.08. The van der Waals surface area contributed by atoms with Gasteiger partial charge < -0.3 is 5.32 Å². The molecule has 0 aliphatic rings. The fourth-order valence-electron chi connectivity index (χ4n) is 1.89. The van der Waals surface area contributed by atoms with E-state index in [1.807, 2.05) is 0 Å². The van der Waals surface area contributed by atoms with Gasteiger partial charge in [-0.1, -0.05) is 43.4 Å². The van der Waals surface area contributed by atoms with Crippen LogP contribution in [0.4, 0.5) is 10.8 Å². The van der Waals surface area contributed by atoms with Gasteiger partial charge in [0, 0.05) is 5.69 Å². The smallest absolute Gasteiger partial charge is 0.188 e. The molecule has 0 fully saturated rings. The van der Waals surface area contributed by atoms with Gasteiger partial charge in [0.25, 0.3) is 0 Å². The molecule has 0 atom stereocenters. The van der Waals surface area contributed by atoms with Crippen molar-refractivity contribution in [1.29, 1.82) is 5.26 Å². The lowest BCUT2D eigenvalue weighted by atomic mass is 10.0. The van der Waals surface area contributed by atoms with Gasteiger partial charge in [-0.2, -0.15) is 5.26 Å². The highest BCUT2D eigenvalue weighted by Crippen LogP contribution is 2.28. The van der Waals surface area contributed by atoms with Crippen molar-refractivity contribution in [2.75, 3.05) is 5.32 Å². The Morgan fingerprint density at radius 1 is 1.28 bits per heavy atom. The number of anilines is 2. The van der Waals surface area contributed by atoms with Crippen molar-refractivity contribution in [3.8, 4) is 6.07 Å². The average molecular weight is 257 g/mol. The van der Waals surface area contributed by atoms with Gasteiger partial charge in [-0.3, -0.25) is 0 Å². The molecule has 92 valence electrons. The van der Waals surface area contributed by atoms with Crippen LogP contribution in [0.1, 0.15) is 29.9 Å². The molecule has 18 heavy (non-hydrogen) atoms. The van der Waals surface area contributed by atoms with Crippen molar-refractivity contribution >= 4 is 22.2 Å². The lowest BCUT2D eigenvalue weighted by molar-refractivity contribution is 1.09. The standard InChI is InChI=1S/C14H15N3S/c1-3-10-6-5-7-11(4-2)13(10)17-14-16-9-12(8-15)18-14/h5-7,9H,3-4H2,1-2H3,(H,16,17). The molecule has 3 nitrogen and oxygen atoms in total. The number of hydrogen-bond acceptors (Lipinski definition) is 4. The van der Waals surface area contributed by atoms with Gasteiger partial charge >= 0.3 is 0 Å². The summed E-state index contributed by atoms with van der Waals surface area (Å²) in [4.78, 5) is 4.85. The monoisotopic (exact) mass is 257 g/mol. The summed E-state index contributed by atoms with van der Waals surface area (Å²) >= 11 is 1.38. The number of thiazole rings is 1. The Morgan fingerprint density at radius 2 is 1.94 bits per heavy atom. The third-order valence-electron chi connectivity index (χ3n) is 2.85. The highest BCUT2D eigenvalue weighted by molar-refractivity contribution is 7.16. The van der Waals surface area contributed by atoms with Gasteiger partial charge in [0.05, 0.1) is 6.20 Å². The van der Waals surface area contributed by atoms with E-state index in [0.29, 0.717) is 4.88 Å². The van der Waals surface area contributed by atoms with E-state index in [2.05, 4.69) is 48.4 Å². The molecule has 2 aromatic rings. The number of hydrogen-bond donors (Lipinski definition) is 1. The maximum atomic E-state index is 8.81. The molecule has 0 aliphatic heterocycles. The molecule has 1 aromatic carbocycles. The second-order valence-corrected chi connectivity index (χ2v) is 4.96. The summed E-state index contributed by atoms with van der Waals surface area (Å²) in [6, 6.07) is 8.45. The van der Waals surface area contributed by atoms with E-state index < -0.39 is 0 Å². The predicted octanol–water partition coefficient (Wildman–Crippen LogP) is 3.88. The summed E-state index contributed by atoms with van der Waals surface area (Å²) in [5.74, 6) is 0. The normalized spacial score (nSPS) is 10.1. The molecule has 2 rings (SSSR count). The van der Waals surface area contributed by atoms with Gasteiger partial charge in [-0.05, 0) is 24.0 Å². The van der Waals surface area contributed by atoms with Crippen LogP contribution >= 0.6 is 11.3 Å². The van der Waals surface area contributed by atoms with E-state index in [0.717, 1.165) is 23.7 Å². The Hall–Kier alpha value is -1.86. The lowest BCUT2D eigenvalue weighted by Crippen LogP contribution is -1.99. The lowest BCUT2D eigenvalue weighted by Gasteiger charge is -2.13. The molecule has 0 spiro atoms. The summed E-state index contributed by atoms with van der Waals surface area (Å²) in [6.07, 6.45) is 3.56. The molecule has 0 aliphatic carbocycles. The number of rotatable bonds is 4. The first-order chi connectivity index (χ1) is 8.78. The number of aryl methyl sites for hydroxylation is 2. The topological polar surface area (TPSA) is 48.7 Å². The summed E-state index contributed by atoms with van der Waals surface area (Å²) in [5, 5.41) is 12.9. The summed E-state index contributed by atoms with van der Waals surface area (Å²) in [5.41, 5.74) is 3.70. The van der Waals surface area contributed by atoms with Crippen LogP contribution in [0, 0.1) is 11.3 Å². The molecule has 1 heterocycles. The fourth-order valence-corrected chi connectivity index (χ4v) is 2.51. The molecule has 1 aromatic heterocycles. The zero-order valence-electron chi connectivity index (χ0n) is 10.5. The number of aromatic nitrogens is 1. The van der Waals surface area contributed by atoms with E-state index in [1.54, 1.807) is 6.20 Å². The Kier molecular flexibility index (Phi) is 3.96. The number of nitrogens with zero attached hydrogens (tertiary/aromatic N) is 2. The van der Waals surface area contributed by atoms with Crippen LogP contribution in [-0.4, -0.2) is 4.98 Å². The van der Waals surface area contributed by atoms with Crippen molar-refractivity contribution < 1.29 is 0 Å². The van der Waals surface area contributed by atoms with Crippen LogP contribution in [0.15, 0.2) is 24.4 Å². The average Bonchev–Trinajstić information content (AvgIpc) is 2.86. The van der Waals surface area contributed by atoms with Crippen molar-refractivity contribution in [2.45, 2.75) is 26.7 Å². The van der Waals surface area contributed by atoms with Gasteiger partial charge in [0.15, 0.2) is 5.13 Å². The maximum Gasteiger partial charge on any atom is 0.188 e. The molecule has 0 amide bonds. The number of benzene rings is 1. The van der Waals surface area contributed by atoms with E-state index >= 15 is 0 Å². The van der Waals surface area contributed by atoms with E-state index in [4.69, 9.17) is 5.26 Å². The second-order valence-electron chi connectivity index (χ2n) is 3.92. The molecule has 0 radical (unpaired) electrons. The molecule has 0 saturated heterocycles. The van der Waals surface area contributed by atoms with Crippen molar-refractivity contribution in [2.24, 2.45) is 0 Å². The first-order valence-electron chi connectivity index (χ1n) is 6.02. The quantitative estimate of drug-likeness (QED) is 0.904. The minimum Gasteiger partial charge on any atom is -0.331 e. The number of nitriles is 1. The van der Waals surface area contributed by atoms with E-state index in [1.165, 1.54) is 22.5 Å². The van der Waals surface area contributed by atoms with Crippen LogP contribution in [-0.2, 0) is 12.8 Å². The molecule has 0 saturated carbocycles. The van der Waals surface area contributed by atoms with Gasteiger partial charge in [-0.25, -0.2) is 4.98 Å². The van der Waals surface area contributed by atoms with Crippen LogP contribution in [0.25, 0.3) is 0 Å². The van der Waals surface area contributed by atoms with Crippen LogP contribution in [0.3, 0.4) is 0 Å². The second kappa shape index (κ2) is 5.65. The van der Waals surface area contributed by atoms with Crippen LogP contribution in [0.5, 0.6) is 0 Å². The first-order valence-corrected chi connectivity index (χ1v) is 6.83. The summed E-state index contributed by atoms with van der Waals surface area (Å²) in [6.45, 7) is 4.28. The minimum absolute atomic E-state index is 0.629. The summed E-state index contributed by atoms with van der Waals surface area (Å²) in [7, 11) is 0. The predicted molar refractivity (Wildman–Crippen MR) is 75.3 cm³/mol. The third-order valence-corrected chi connectivity index (χ3v) is 3.66. The largest absolute Gasteiger partial charge is 0.331 e. The highest BCUT2D eigenvalue weighted by atomic mass is 32.1. The Bertz CT molecular complexity index is 559. The zero-order valence-corrected chi connectivity index (χ0v) is 11.3. The molecular formula is C14H15N3S. The Morgan fingerprint density at radius 3 is 2.44 bits per heavy atom.